The Kier molecular flexibility index (Phi) is 3.87. The van der Waals surface area contributed by atoms with Crippen LogP contribution in [0.25, 0.3) is 0 Å². The monoisotopic (exact) mass is 247 g/mol. The maximum Gasteiger partial charge on any atom is 0.0317 e. The zero-order valence-electron chi connectivity index (χ0n) is 11.9. The topological polar surface area (TPSA) is 0 Å². The number of hydrogen-bond donors (Lipinski definition) is 0. The highest BCUT2D eigenvalue weighted by atomic mass is 28.1. The number of rotatable bonds is 5. The van der Waals surface area contributed by atoms with Crippen LogP contribution in [0.1, 0.15) is 53.4 Å². The molecule has 0 aliphatic heterocycles. The minimum Gasteiger partial charge on any atom is -0.0851 e. The quantitative estimate of drug-likeness (QED) is 0.491. The molecule has 2 rings (SSSR count). The van der Waals surface area contributed by atoms with E-state index in [2.05, 4.69) is 50.1 Å². The van der Waals surface area contributed by atoms with Gasteiger partial charge in [-0.05, 0) is 60.3 Å². The highest BCUT2D eigenvalue weighted by molar-refractivity contribution is 6.15. The Hall–Kier alpha value is -0.0431. The molecule has 17 heavy (non-hydrogen) atoms. The molecule has 2 bridgehead atoms. The van der Waals surface area contributed by atoms with Crippen LogP contribution >= 0.6 is 0 Å². The molecule has 0 spiro atoms. The Balaban J connectivity index is 2.12. The predicted octanol–water partition coefficient (Wildman–Crippen LogP) is 4.62. The van der Waals surface area contributed by atoms with Gasteiger partial charge >= 0.3 is 0 Å². The predicted molar refractivity (Wildman–Crippen MR) is 76.2 cm³/mol. The summed E-state index contributed by atoms with van der Waals surface area (Å²) in [6.07, 6.45) is 10.4. The Morgan fingerprint density at radius 2 is 1.65 bits per heavy atom. The van der Waals surface area contributed by atoms with Crippen molar-refractivity contribution in [1.29, 1.82) is 0 Å². The van der Waals surface area contributed by atoms with Crippen molar-refractivity contribution in [2.24, 2.45) is 29.6 Å². The minimum absolute atomic E-state index is 0.381. The molecule has 0 aromatic rings. The summed E-state index contributed by atoms with van der Waals surface area (Å²) in [6.45, 7) is 9.44. The zero-order chi connectivity index (χ0) is 12.6. The van der Waals surface area contributed by atoms with Crippen LogP contribution in [0.5, 0.6) is 0 Å². The summed E-state index contributed by atoms with van der Waals surface area (Å²) in [7, 11) is 4.24. The summed E-state index contributed by atoms with van der Waals surface area (Å²) in [5.74, 6) is 4.19. The fourth-order valence-electron chi connectivity index (χ4n) is 4.26. The van der Waals surface area contributed by atoms with E-state index >= 15 is 0 Å². The third kappa shape index (κ3) is 2.86. The van der Waals surface area contributed by atoms with Crippen LogP contribution in [-0.2, 0) is 0 Å². The summed E-state index contributed by atoms with van der Waals surface area (Å²) in [5, 5.41) is 0.381. The van der Waals surface area contributed by atoms with Gasteiger partial charge in [-0.25, -0.2) is 0 Å². The van der Waals surface area contributed by atoms with Gasteiger partial charge in [0.1, 0.15) is 0 Å². The van der Waals surface area contributed by atoms with Crippen LogP contribution in [0.15, 0.2) is 12.2 Å². The molecule has 0 N–H and O–H groups in total. The normalized spacial score (nSPS) is 32.1. The first-order valence-corrected chi connectivity index (χ1v) is 7.84. The van der Waals surface area contributed by atoms with Gasteiger partial charge in [0.2, 0.25) is 0 Å². The maximum absolute atomic E-state index is 4.24. The van der Waals surface area contributed by atoms with E-state index in [0.717, 1.165) is 29.6 Å². The summed E-state index contributed by atoms with van der Waals surface area (Å²) in [5.41, 5.74) is 0. The number of fused-ring (bicyclic) bond motifs is 2. The van der Waals surface area contributed by atoms with Crippen molar-refractivity contribution in [2.45, 2.75) is 58.4 Å². The Bertz CT molecular complexity index is 280. The second-order valence-corrected chi connectivity index (χ2v) is 8.23. The van der Waals surface area contributed by atoms with E-state index in [9.17, 15) is 0 Å². The lowest BCUT2D eigenvalue weighted by atomic mass is 9.73. The van der Waals surface area contributed by atoms with E-state index in [0.29, 0.717) is 5.04 Å². The molecule has 3 unspecified atom stereocenters. The highest BCUT2D eigenvalue weighted by Gasteiger charge is 2.46. The fourth-order valence-corrected chi connectivity index (χ4v) is 5.41. The summed E-state index contributed by atoms with van der Waals surface area (Å²) >= 11 is 0. The average molecular weight is 247 g/mol. The third-order valence-corrected chi connectivity index (χ3v) is 5.31. The molecule has 3 atom stereocenters. The van der Waals surface area contributed by atoms with Gasteiger partial charge in [0.15, 0.2) is 0 Å². The Morgan fingerprint density at radius 1 is 1.06 bits per heavy atom. The molecule has 2 aliphatic rings. The zero-order valence-corrected chi connectivity index (χ0v) is 12.9. The second-order valence-electron chi connectivity index (χ2n) is 7.24. The third-order valence-electron chi connectivity index (χ3n) is 4.53. The van der Waals surface area contributed by atoms with Crippen molar-refractivity contribution in [3.05, 3.63) is 12.2 Å². The maximum atomic E-state index is 4.24. The van der Waals surface area contributed by atoms with Gasteiger partial charge in [-0.1, -0.05) is 39.8 Å². The van der Waals surface area contributed by atoms with Gasteiger partial charge in [-0.2, -0.15) is 0 Å². The van der Waals surface area contributed by atoms with Gasteiger partial charge in [0, 0.05) is 10.2 Å². The van der Waals surface area contributed by atoms with Crippen molar-refractivity contribution in [2.75, 3.05) is 0 Å². The highest BCUT2D eigenvalue weighted by Crippen LogP contribution is 2.57. The molecule has 95 valence electrons. The van der Waals surface area contributed by atoms with Gasteiger partial charge in [0.05, 0.1) is 0 Å². The van der Waals surface area contributed by atoms with Gasteiger partial charge in [-0.15, -0.1) is 0 Å². The van der Waals surface area contributed by atoms with Crippen LogP contribution in [0.4, 0.5) is 0 Å². The Morgan fingerprint density at radius 3 is 2.00 bits per heavy atom. The molecule has 1 heteroatoms. The van der Waals surface area contributed by atoms with E-state index < -0.39 is 0 Å². The Labute approximate surface area is 111 Å². The molecule has 0 aromatic carbocycles. The average Bonchev–Trinajstić information content (AvgIpc) is 2.75. The SMILES string of the molecule is CC(C)CC([Si])(CC(C)C)C1CC2C=CC1C2. The molecule has 2 aliphatic carbocycles. The van der Waals surface area contributed by atoms with Crippen molar-refractivity contribution in [3.8, 4) is 0 Å². The molecule has 0 nitrogen and oxygen atoms in total. The molecule has 1 fully saturated rings. The van der Waals surface area contributed by atoms with Gasteiger partial charge in [-0.3, -0.25) is 0 Å². The standard InChI is InChI=1S/C16H27Si/c1-11(2)9-16(17,10-12(3)4)15-8-13-5-6-14(15)7-13/h5-6,11-15H,7-10H2,1-4H3. The van der Waals surface area contributed by atoms with Crippen LogP contribution in [0.3, 0.4) is 0 Å². The van der Waals surface area contributed by atoms with Gasteiger partial charge in [0.25, 0.3) is 0 Å². The van der Waals surface area contributed by atoms with E-state index in [-0.39, 0.29) is 0 Å². The molecule has 3 radical (unpaired) electrons. The van der Waals surface area contributed by atoms with E-state index in [1.807, 2.05) is 0 Å². The first-order valence-electron chi connectivity index (χ1n) is 7.34. The van der Waals surface area contributed by atoms with E-state index in [1.54, 1.807) is 0 Å². The van der Waals surface area contributed by atoms with Crippen molar-refractivity contribution in [3.63, 3.8) is 0 Å². The first kappa shape index (κ1) is 13.4. The van der Waals surface area contributed by atoms with Crippen molar-refractivity contribution in [1.82, 2.24) is 0 Å². The fraction of sp³-hybridized carbons (Fsp3) is 0.875. The van der Waals surface area contributed by atoms with Gasteiger partial charge < -0.3 is 0 Å². The molecule has 1 saturated carbocycles. The lowest BCUT2D eigenvalue weighted by Crippen LogP contribution is -2.30. The van der Waals surface area contributed by atoms with E-state index in [4.69, 9.17) is 0 Å². The first-order chi connectivity index (χ1) is 7.90. The number of hydrogen-bond acceptors (Lipinski definition) is 0. The summed E-state index contributed by atoms with van der Waals surface area (Å²) < 4.78 is 0. The largest absolute Gasteiger partial charge is 0.0851 e. The minimum atomic E-state index is 0.381. The molecular formula is C16H27Si. The number of allylic oxidation sites excluding steroid dienone is 2. The molecule has 0 saturated heterocycles. The van der Waals surface area contributed by atoms with Crippen LogP contribution in [0.2, 0.25) is 5.04 Å². The van der Waals surface area contributed by atoms with Crippen LogP contribution < -0.4 is 0 Å². The lowest BCUT2D eigenvalue weighted by molar-refractivity contribution is 0.231. The lowest BCUT2D eigenvalue weighted by Gasteiger charge is -2.42. The molecule has 0 heterocycles. The molecular weight excluding hydrogens is 220 g/mol. The second kappa shape index (κ2) is 4.91. The smallest absolute Gasteiger partial charge is 0.0317 e. The van der Waals surface area contributed by atoms with Crippen molar-refractivity contribution >= 4 is 10.2 Å². The van der Waals surface area contributed by atoms with Crippen LogP contribution in [0, 0.1) is 29.6 Å². The molecule has 0 amide bonds. The summed E-state index contributed by atoms with van der Waals surface area (Å²) in [6, 6.07) is 0. The van der Waals surface area contributed by atoms with E-state index in [1.165, 1.54) is 25.7 Å². The van der Waals surface area contributed by atoms with Crippen LogP contribution in [-0.4, -0.2) is 10.2 Å². The molecule has 0 aromatic heterocycles. The van der Waals surface area contributed by atoms with Crippen molar-refractivity contribution < 1.29 is 0 Å². The summed E-state index contributed by atoms with van der Waals surface area (Å²) in [4.78, 5) is 0.